The predicted octanol–water partition coefficient (Wildman–Crippen LogP) is 22.2. The van der Waals surface area contributed by atoms with Crippen LogP contribution in [0.1, 0.15) is 290 Å². The molecule has 3 atom stereocenters. The summed E-state index contributed by atoms with van der Waals surface area (Å²) < 4.78 is 30.4. The number of amides is 1. The van der Waals surface area contributed by atoms with E-state index in [1.165, 1.54) is 116 Å². The number of rotatable bonds is 63. The number of likely N-dealkylation sites (N-methyl/N-ethyl adjacent to an activating group) is 1. The van der Waals surface area contributed by atoms with Crippen molar-refractivity contribution in [2.24, 2.45) is 0 Å². The van der Waals surface area contributed by atoms with Crippen molar-refractivity contribution in [2.45, 2.75) is 303 Å². The Kier molecular flexibility index (Phi) is 62.2. The number of carbonyl (C=O) groups excluding carboxylic acids is 2. The van der Waals surface area contributed by atoms with Crippen molar-refractivity contribution in [2.75, 3.05) is 40.9 Å². The zero-order chi connectivity index (χ0) is 63.5. The molecule has 1 amide bonds. The van der Waals surface area contributed by atoms with E-state index in [0.717, 1.165) is 135 Å². The van der Waals surface area contributed by atoms with Crippen LogP contribution in [0.25, 0.3) is 0 Å². The second-order valence-corrected chi connectivity index (χ2v) is 26.1. The molecule has 0 bridgehead atoms. The normalized spacial score (nSPS) is 14.3. The van der Waals surface area contributed by atoms with Crippen molar-refractivity contribution in [3.8, 4) is 0 Å². The number of nitrogens with one attached hydrogen (secondary N) is 1. The van der Waals surface area contributed by atoms with Crippen LogP contribution in [0.15, 0.2) is 134 Å². The first-order valence-corrected chi connectivity index (χ1v) is 37.0. The number of hydrogen-bond donors (Lipinski definition) is 1. The van der Waals surface area contributed by atoms with Crippen molar-refractivity contribution in [3.05, 3.63) is 134 Å². The summed E-state index contributed by atoms with van der Waals surface area (Å²) in [5.41, 5.74) is 0. The van der Waals surface area contributed by atoms with Gasteiger partial charge in [-0.1, -0.05) is 283 Å². The van der Waals surface area contributed by atoms with Crippen LogP contribution in [0, 0.1) is 0 Å². The molecule has 0 fully saturated rings. The van der Waals surface area contributed by atoms with E-state index >= 15 is 0 Å². The molecule has 0 aliphatic rings. The largest absolute Gasteiger partial charge is 0.756 e. The van der Waals surface area contributed by atoms with E-state index in [4.69, 9.17) is 13.8 Å². The smallest absolute Gasteiger partial charge is 0.306 e. The molecule has 0 spiro atoms. The van der Waals surface area contributed by atoms with Gasteiger partial charge in [-0.3, -0.25) is 14.2 Å². The number of phosphoric acid groups is 1. The molecule has 0 heterocycles. The summed E-state index contributed by atoms with van der Waals surface area (Å²) in [6.45, 7) is 6.68. The summed E-state index contributed by atoms with van der Waals surface area (Å²) in [5.74, 6) is -0.568. The van der Waals surface area contributed by atoms with E-state index in [9.17, 15) is 19.0 Å². The molecule has 498 valence electrons. The van der Waals surface area contributed by atoms with Crippen molar-refractivity contribution >= 4 is 19.7 Å². The van der Waals surface area contributed by atoms with Gasteiger partial charge in [0.2, 0.25) is 5.91 Å². The van der Waals surface area contributed by atoms with Crippen molar-refractivity contribution < 1.29 is 37.3 Å². The van der Waals surface area contributed by atoms with Gasteiger partial charge in [-0.2, -0.15) is 0 Å². The number of phosphoric ester groups is 1. The van der Waals surface area contributed by atoms with Gasteiger partial charge >= 0.3 is 5.97 Å². The first kappa shape index (κ1) is 83.2. The third kappa shape index (κ3) is 66.4. The van der Waals surface area contributed by atoms with E-state index in [2.05, 4.69) is 148 Å². The first-order chi connectivity index (χ1) is 42.4. The highest BCUT2D eigenvalue weighted by Crippen LogP contribution is 2.38. The Morgan fingerprint density at radius 3 is 1.13 bits per heavy atom. The predicted molar refractivity (Wildman–Crippen MR) is 376 cm³/mol. The first-order valence-electron chi connectivity index (χ1n) is 35.5. The number of allylic oxidation sites excluding steroid dienone is 21. The van der Waals surface area contributed by atoms with Gasteiger partial charge in [0, 0.05) is 12.8 Å². The lowest BCUT2D eigenvalue weighted by atomic mass is 10.0. The SMILES string of the molecule is CC/C=C\C/C=C\C/C=C\C/C=C\C/C=C\C/C=C\CCCCCCCCCCC(=O)NC(COP(=O)([O-])OCC[N+](C)(C)C)C(/C=C\CCCCCCCCCCC)OC(=O)CCCCCCCCC/C=C\C/C=C\C/C=C\C/C=C\CCCCC. The summed E-state index contributed by atoms with van der Waals surface area (Å²) in [6, 6.07) is -0.908. The van der Waals surface area contributed by atoms with Gasteiger partial charge in [-0.15, -0.1) is 0 Å². The summed E-state index contributed by atoms with van der Waals surface area (Å²) in [4.78, 5) is 40.2. The standard InChI is InChI=1S/C77H133N2O7P/c1-7-10-13-16-19-22-25-27-29-31-33-35-37-38-39-40-42-43-45-47-49-51-54-57-60-63-66-69-76(80)78-74(73-85-87(82,83)84-72-71-79(4,5)6)75(68-65-62-59-56-53-24-21-18-15-12-9-3)86-77(81)70-67-64-61-58-55-52-50-48-46-44-41-36-34-32-30-28-26-23-20-17-14-11-8-2/h10,13,19-20,22-23,27-30,33-36,38-39,42-44,46,65,68,74-75H,7-9,11-12,14-18,21,24-26,31-32,37,40-41,45,47-64,66-67,69-73H2,1-6H3,(H-,78,80,82,83)/b13-10-,22-19-,23-20-,29-27-,30-28-,35-33-,36-34-,39-38-,43-42-,46-44-,68-65-. The second-order valence-electron chi connectivity index (χ2n) is 24.6. The molecule has 0 saturated heterocycles. The lowest BCUT2D eigenvalue weighted by Gasteiger charge is -2.30. The van der Waals surface area contributed by atoms with Crippen LogP contribution >= 0.6 is 7.82 Å². The molecule has 0 aromatic heterocycles. The Bertz CT molecular complexity index is 1950. The summed E-state index contributed by atoms with van der Waals surface area (Å²) >= 11 is 0. The molecule has 87 heavy (non-hydrogen) atoms. The number of quaternary nitrogens is 1. The van der Waals surface area contributed by atoms with Gasteiger partial charge in [0.25, 0.3) is 7.82 Å². The van der Waals surface area contributed by atoms with E-state index < -0.39 is 26.6 Å². The Labute approximate surface area is 536 Å². The number of ether oxygens (including phenoxy) is 1. The molecule has 3 unspecified atom stereocenters. The zero-order valence-electron chi connectivity index (χ0n) is 56.9. The average Bonchev–Trinajstić information content (AvgIpc) is 3.70. The van der Waals surface area contributed by atoms with Crippen LogP contribution in [-0.2, 0) is 27.9 Å². The molecular weight excluding hydrogens is 1100 g/mol. The Morgan fingerprint density at radius 1 is 0.414 bits per heavy atom. The highest BCUT2D eigenvalue weighted by Gasteiger charge is 2.27. The third-order valence-electron chi connectivity index (χ3n) is 15.1. The molecule has 0 rings (SSSR count). The Balaban J connectivity index is 5.09. The Hall–Kier alpha value is -3.85. The van der Waals surface area contributed by atoms with Crippen LogP contribution in [0.5, 0.6) is 0 Å². The van der Waals surface area contributed by atoms with Gasteiger partial charge in [-0.05, 0) is 128 Å². The fourth-order valence-corrected chi connectivity index (χ4v) is 10.3. The summed E-state index contributed by atoms with van der Waals surface area (Å²) in [6.07, 6.45) is 92.8. The molecular formula is C77H133N2O7P. The van der Waals surface area contributed by atoms with Gasteiger partial charge in [0.1, 0.15) is 19.3 Å². The third-order valence-corrected chi connectivity index (χ3v) is 16.0. The van der Waals surface area contributed by atoms with E-state index in [1.807, 2.05) is 33.3 Å². The number of hydrogen-bond acceptors (Lipinski definition) is 7. The van der Waals surface area contributed by atoms with Crippen molar-refractivity contribution in [3.63, 3.8) is 0 Å². The van der Waals surface area contributed by atoms with Gasteiger partial charge < -0.3 is 28.5 Å². The lowest BCUT2D eigenvalue weighted by Crippen LogP contribution is -2.47. The number of unbranched alkanes of at least 4 members (excludes halogenated alkanes) is 27. The van der Waals surface area contributed by atoms with Crippen LogP contribution in [0.4, 0.5) is 0 Å². The highest BCUT2D eigenvalue weighted by molar-refractivity contribution is 7.45. The minimum atomic E-state index is -4.72. The van der Waals surface area contributed by atoms with E-state index in [1.54, 1.807) is 0 Å². The molecule has 9 nitrogen and oxygen atoms in total. The van der Waals surface area contributed by atoms with Crippen LogP contribution < -0.4 is 10.2 Å². The quantitative estimate of drug-likeness (QED) is 0.0212. The zero-order valence-corrected chi connectivity index (χ0v) is 57.8. The molecule has 0 saturated carbocycles. The van der Waals surface area contributed by atoms with Crippen molar-refractivity contribution in [1.82, 2.24) is 5.32 Å². The molecule has 0 aliphatic carbocycles. The van der Waals surface area contributed by atoms with E-state index in [0.29, 0.717) is 23.9 Å². The fourth-order valence-electron chi connectivity index (χ4n) is 9.63. The monoisotopic (exact) mass is 1230 g/mol. The molecule has 1 N–H and O–H groups in total. The van der Waals surface area contributed by atoms with Crippen LogP contribution in [0.2, 0.25) is 0 Å². The van der Waals surface area contributed by atoms with Crippen LogP contribution in [-0.4, -0.2) is 69.4 Å². The van der Waals surface area contributed by atoms with Crippen molar-refractivity contribution in [1.29, 1.82) is 0 Å². The molecule has 0 aliphatic heterocycles. The molecule has 0 aromatic rings. The van der Waals surface area contributed by atoms with Crippen LogP contribution in [0.3, 0.4) is 0 Å². The molecule has 0 aromatic carbocycles. The topological polar surface area (TPSA) is 114 Å². The second kappa shape index (κ2) is 65.1. The minimum Gasteiger partial charge on any atom is -0.756 e. The fraction of sp³-hybridized carbons (Fsp3) is 0.688. The highest BCUT2D eigenvalue weighted by atomic mass is 31.2. The maximum atomic E-state index is 13.6. The number of esters is 1. The minimum absolute atomic E-state index is 0.0329. The maximum absolute atomic E-state index is 13.6. The van der Waals surface area contributed by atoms with Gasteiger partial charge in [0.05, 0.1) is 33.8 Å². The average molecular weight is 1230 g/mol. The van der Waals surface area contributed by atoms with E-state index in [-0.39, 0.29) is 24.9 Å². The maximum Gasteiger partial charge on any atom is 0.306 e. The summed E-state index contributed by atoms with van der Waals surface area (Å²) in [5, 5.41) is 3.03. The number of carbonyl (C=O) groups is 2. The molecule has 10 heteroatoms. The lowest BCUT2D eigenvalue weighted by molar-refractivity contribution is -0.870. The molecule has 0 radical (unpaired) electrons. The van der Waals surface area contributed by atoms with Gasteiger partial charge in [-0.25, -0.2) is 0 Å². The number of nitrogens with zero attached hydrogens (tertiary/aromatic N) is 1. The Morgan fingerprint density at radius 2 is 0.736 bits per heavy atom. The van der Waals surface area contributed by atoms with Gasteiger partial charge in [0.15, 0.2) is 0 Å². The summed E-state index contributed by atoms with van der Waals surface area (Å²) in [7, 11) is 1.16.